The Kier molecular flexibility index (Phi) is 3.09. The van der Waals surface area contributed by atoms with Crippen molar-refractivity contribution in [3.05, 3.63) is 23.8 Å². The van der Waals surface area contributed by atoms with Gasteiger partial charge in [0, 0.05) is 17.6 Å². The van der Waals surface area contributed by atoms with Crippen LogP contribution in [0.15, 0.2) is 18.2 Å². The molecule has 19 heavy (non-hydrogen) atoms. The Morgan fingerprint density at radius 1 is 1.16 bits per heavy atom. The highest BCUT2D eigenvalue weighted by molar-refractivity contribution is 5.95. The van der Waals surface area contributed by atoms with Gasteiger partial charge < -0.3 is 14.4 Å². The van der Waals surface area contributed by atoms with Crippen molar-refractivity contribution in [1.29, 1.82) is 0 Å². The second-order valence-corrected chi connectivity index (χ2v) is 5.41. The Morgan fingerprint density at radius 2 is 1.84 bits per heavy atom. The molecule has 0 spiro atoms. The maximum absolute atomic E-state index is 12.6. The van der Waals surface area contributed by atoms with Gasteiger partial charge in [0.25, 0.3) is 5.91 Å². The highest BCUT2D eigenvalue weighted by Gasteiger charge is 2.30. The van der Waals surface area contributed by atoms with E-state index in [9.17, 15) is 4.79 Å². The maximum atomic E-state index is 12.6. The summed E-state index contributed by atoms with van der Waals surface area (Å²) in [5, 5.41) is 0. The molecule has 4 heteroatoms. The topological polar surface area (TPSA) is 38.8 Å². The molecule has 1 saturated heterocycles. The summed E-state index contributed by atoms with van der Waals surface area (Å²) in [6.07, 6.45) is 3.37. The number of ether oxygens (including phenoxy) is 2. The SMILES string of the molecule is CC1CCCC(C)N1C(=O)c1ccc2c(c1)OCO2. The standard InChI is InChI=1S/C15H19NO3/c1-10-4-3-5-11(2)16(10)15(17)12-6-7-13-14(8-12)19-9-18-13/h6-8,10-11H,3-5,9H2,1-2H3. The summed E-state index contributed by atoms with van der Waals surface area (Å²) in [5.41, 5.74) is 0.685. The molecule has 1 amide bonds. The van der Waals surface area contributed by atoms with E-state index in [4.69, 9.17) is 9.47 Å². The first-order valence-corrected chi connectivity index (χ1v) is 6.89. The lowest BCUT2D eigenvalue weighted by molar-refractivity contribution is 0.0510. The summed E-state index contributed by atoms with van der Waals surface area (Å²) >= 11 is 0. The molecule has 0 N–H and O–H groups in total. The van der Waals surface area contributed by atoms with Crippen molar-refractivity contribution in [1.82, 2.24) is 4.90 Å². The number of likely N-dealkylation sites (tertiary alicyclic amines) is 1. The van der Waals surface area contributed by atoms with E-state index in [-0.39, 0.29) is 12.7 Å². The number of carbonyl (C=O) groups excluding carboxylic acids is 1. The largest absolute Gasteiger partial charge is 0.454 e. The fourth-order valence-electron chi connectivity index (χ4n) is 3.00. The zero-order valence-electron chi connectivity index (χ0n) is 11.4. The number of benzene rings is 1. The monoisotopic (exact) mass is 261 g/mol. The molecule has 2 aliphatic rings. The Labute approximate surface area is 113 Å². The Balaban J connectivity index is 1.86. The fraction of sp³-hybridized carbons (Fsp3) is 0.533. The van der Waals surface area contributed by atoms with Crippen LogP contribution in [0.25, 0.3) is 0 Å². The molecule has 2 unspecified atom stereocenters. The zero-order chi connectivity index (χ0) is 13.4. The number of piperidine rings is 1. The number of hydrogen-bond acceptors (Lipinski definition) is 3. The second kappa shape index (κ2) is 4.76. The van der Waals surface area contributed by atoms with Gasteiger partial charge in [0.2, 0.25) is 6.79 Å². The van der Waals surface area contributed by atoms with Crippen molar-refractivity contribution in [2.75, 3.05) is 6.79 Å². The molecule has 1 aromatic rings. The highest BCUT2D eigenvalue weighted by atomic mass is 16.7. The van der Waals surface area contributed by atoms with Gasteiger partial charge in [-0.05, 0) is 51.3 Å². The van der Waals surface area contributed by atoms with Crippen molar-refractivity contribution in [2.45, 2.75) is 45.2 Å². The lowest BCUT2D eigenvalue weighted by Crippen LogP contribution is -2.47. The van der Waals surface area contributed by atoms with Gasteiger partial charge in [-0.25, -0.2) is 0 Å². The summed E-state index contributed by atoms with van der Waals surface area (Å²) in [6, 6.07) is 6.04. The van der Waals surface area contributed by atoms with E-state index in [1.54, 1.807) is 6.07 Å². The fourth-order valence-corrected chi connectivity index (χ4v) is 3.00. The van der Waals surface area contributed by atoms with E-state index >= 15 is 0 Å². The first kappa shape index (κ1) is 12.3. The van der Waals surface area contributed by atoms with Gasteiger partial charge in [-0.1, -0.05) is 0 Å². The quantitative estimate of drug-likeness (QED) is 0.780. The van der Waals surface area contributed by atoms with Crippen LogP contribution in [0.1, 0.15) is 43.5 Å². The normalized spacial score (nSPS) is 25.5. The van der Waals surface area contributed by atoms with Crippen molar-refractivity contribution in [3.8, 4) is 11.5 Å². The van der Waals surface area contributed by atoms with E-state index in [1.807, 2.05) is 17.0 Å². The number of amides is 1. The van der Waals surface area contributed by atoms with Crippen LogP contribution in [0.3, 0.4) is 0 Å². The van der Waals surface area contributed by atoms with Crippen LogP contribution in [-0.2, 0) is 0 Å². The molecule has 3 rings (SSSR count). The minimum atomic E-state index is 0.0954. The van der Waals surface area contributed by atoms with E-state index < -0.39 is 0 Å². The molecule has 2 aliphatic heterocycles. The van der Waals surface area contributed by atoms with Crippen molar-refractivity contribution in [3.63, 3.8) is 0 Å². The van der Waals surface area contributed by atoms with Crippen LogP contribution in [-0.4, -0.2) is 29.7 Å². The summed E-state index contributed by atoms with van der Waals surface area (Å²) in [7, 11) is 0. The summed E-state index contributed by atoms with van der Waals surface area (Å²) in [6.45, 7) is 4.49. The van der Waals surface area contributed by atoms with Gasteiger partial charge in [-0.3, -0.25) is 4.79 Å². The molecule has 102 valence electrons. The number of fused-ring (bicyclic) bond motifs is 1. The van der Waals surface area contributed by atoms with Crippen molar-refractivity contribution in [2.24, 2.45) is 0 Å². The van der Waals surface area contributed by atoms with Gasteiger partial charge in [0.1, 0.15) is 0 Å². The van der Waals surface area contributed by atoms with Gasteiger partial charge in [0.05, 0.1) is 0 Å². The first-order valence-electron chi connectivity index (χ1n) is 6.89. The molecule has 2 atom stereocenters. The Hall–Kier alpha value is -1.71. The first-order chi connectivity index (χ1) is 9.16. The van der Waals surface area contributed by atoms with Crippen LogP contribution >= 0.6 is 0 Å². The molecule has 0 aliphatic carbocycles. The van der Waals surface area contributed by atoms with Gasteiger partial charge >= 0.3 is 0 Å². The molecule has 0 saturated carbocycles. The number of nitrogens with zero attached hydrogens (tertiary/aromatic N) is 1. The highest BCUT2D eigenvalue weighted by Crippen LogP contribution is 2.33. The van der Waals surface area contributed by atoms with Crippen LogP contribution in [0.5, 0.6) is 11.5 Å². The summed E-state index contributed by atoms with van der Waals surface area (Å²) in [4.78, 5) is 14.7. The smallest absolute Gasteiger partial charge is 0.254 e. The third-order valence-electron chi connectivity index (χ3n) is 4.05. The van der Waals surface area contributed by atoms with E-state index in [0.717, 1.165) is 18.6 Å². The number of rotatable bonds is 1. The maximum Gasteiger partial charge on any atom is 0.254 e. The summed E-state index contributed by atoms with van der Waals surface area (Å²) < 4.78 is 10.6. The molecule has 0 aromatic heterocycles. The molecule has 0 radical (unpaired) electrons. The molecular formula is C15H19NO3. The molecule has 1 fully saturated rings. The summed E-state index contributed by atoms with van der Waals surface area (Å²) in [5.74, 6) is 1.48. The average molecular weight is 261 g/mol. The second-order valence-electron chi connectivity index (χ2n) is 5.41. The minimum Gasteiger partial charge on any atom is -0.454 e. The Bertz CT molecular complexity index is 490. The molecule has 1 aromatic carbocycles. The average Bonchev–Trinajstić information content (AvgIpc) is 2.85. The van der Waals surface area contributed by atoms with Crippen LogP contribution < -0.4 is 9.47 Å². The lowest BCUT2D eigenvalue weighted by atomic mass is 9.96. The third-order valence-corrected chi connectivity index (χ3v) is 4.05. The molecule has 0 bridgehead atoms. The van der Waals surface area contributed by atoms with E-state index in [0.29, 0.717) is 23.4 Å². The van der Waals surface area contributed by atoms with E-state index in [2.05, 4.69) is 13.8 Å². The minimum absolute atomic E-state index is 0.0954. The predicted molar refractivity (Wildman–Crippen MR) is 71.5 cm³/mol. The number of hydrogen-bond donors (Lipinski definition) is 0. The van der Waals surface area contributed by atoms with Gasteiger partial charge in [0.15, 0.2) is 11.5 Å². The van der Waals surface area contributed by atoms with Crippen LogP contribution in [0, 0.1) is 0 Å². The Morgan fingerprint density at radius 3 is 2.58 bits per heavy atom. The van der Waals surface area contributed by atoms with Crippen LogP contribution in [0.4, 0.5) is 0 Å². The zero-order valence-corrected chi connectivity index (χ0v) is 11.4. The lowest BCUT2D eigenvalue weighted by Gasteiger charge is -2.39. The molecule has 2 heterocycles. The predicted octanol–water partition coefficient (Wildman–Crippen LogP) is 2.82. The molecular weight excluding hydrogens is 242 g/mol. The van der Waals surface area contributed by atoms with Gasteiger partial charge in [-0.2, -0.15) is 0 Å². The van der Waals surface area contributed by atoms with Crippen LogP contribution in [0.2, 0.25) is 0 Å². The van der Waals surface area contributed by atoms with E-state index in [1.165, 1.54) is 6.42 Å². The van der Waals surface area contributed by atoms with Gasteiger partial charge in [-0.15, -0.1) is 0 Å². The molecule has 4 nitrogen and oxygen atoms in total. The van der Waals surface area contributed by atoms with Crippen molar-refractivity contribution < 1.29 is 14.3 Å². The number of carbonyl (C=O) groups is 1. The third kappa shape index (κ3) is 2.15. The van der Waals surface area contributed by atoms with Crippen molar-refractivity contribution >= 4 is 5.91 Å².